The van der Waals surface area contributed by atoms with Crippen LogP contribution < -0.4 is 42.6 Å². The summed E-state index contributed by atoms with van der Waals surface area (Å²) in [5, 5.41) is 16.4. The first-order valence-electron chi connectivity index (χ1n) is 17.5. The van der Waals surface area contributed by atoms with Crippen molar-refractivity contribution >= 4 is 51.5 Å². The zero-order valence-electron chi connectivity index (χ0n) is 32.3. The van der Waals surface area contributed by atoms with Gasteiger partial charge in [-0.1, -0.05) is 0 Å². The van der Waals surface area contributed by atoms with E-state index < -0.39 is 94.2 Å². The van der Waals surface area contributed by atoms with Crippen LogP contribution in [0, 0.1) is 20.8 Å². The number of aliphatic carboxylic acids is 1. The molecule has 1 fully saturated rings. The van der Waals surface area contributed by atoms with Gasteiger partial charge in [0, 0.05) is 13.1 Å². The number of nitrogens with two attached hydrogens (primary N) is 3. The maximum atomic E-state index is 13.8. The van der Waals surface area contributed by atoms with Gasteiger partial charge in [0.2, 0.25) is 35.5 Å². The van der Waals surface area contributed by atoms with Crippen molar-refractivity contribution in [3.63, 3.8) is 0 Å². The van der Waals surface area contributed by atoms with Crippen molar-refractivity contribution in [2.45, 2.75) is 108 Å². The molecule has 0 aromatic heterocycles. The highest BCUT2D eigenvalue weighted by Crippen LogP contribution is 2.30. The number of nitrogens with one attached hydrogen (secondary N) is 4. The van der Waals surface area contributed by atoms with Crippen LogP contribution in [0.2, 0.25) is 0 Å². The summed E-state index contributed by atoms with van der Waals surface area (Å²) < 4.78 is 39.8. The van der Waals surface area contributed by atoms with Gasteiger partial charge in [-0.05, 0) is 90.0 Å². The Morgan fingerprint density at radius 3 is 2.27 bits per heavy atom. The Morgan fingerprint density at radius 2 is 1.69 bits per heavy atom. The number of sulfonamides is 1. The summed E-state index contributed by atoms with van der Waals surface area (Å²) in [7, 11) is -2.67. The van der Waals surface area contributed by atoms with E-state index in [0.29, 0.717) is 28.9 Å². The summed E-state index contributed by atoms with van der Waals surface area (Å²) >= 11 is 0. The van der Waals surface area contributed by atoms with Crippen molar-refractivity contribution in [3.8, 4) is 5.75 Å². The molecule has 0 radical (unpaired) electrons. The van der Waals surface area contributed by atoms with E-state index in [-0.39, 0.29) is 43.9 Å². The number of ether oxygens (including phenoxy) is 2. The van der Waals surface area contributed by atoms with E-state index in [1.54, 1.807) is 47.6 Å². The lowest BCUT2D eigenvalue weighted by Gasteiger charge is -2.31. The number of carbonyl (C=O) groups excluding carboxylic acids is 5. The molecule has 1 aromatic rings. The van der Waals surface area contributed by atoms with E-state index in [1.807, 2.05) is 0 Å². The summed E-state index contributed by atoms with van der Waals surface area (Å²) in [6.45, 7) is 9.20. The van der Waals surface area contributed by atoms with Crippen LogP contribution in [-0.2, 0) is 43.5 Å². The second kappa shape index (κ2) is 20.1. The summed E-state index contributed by atoms with van der Waals surface area (Å²) in [6.07, 6.45) is 0.151. The highest BCUT2D eigenvalue weighted by atomic mass is 32.2. The monoisotopic (exact) mass is 797 g/mol. The Labute approximate surface area is 320 Å². The summed E-state index contributed by atoms with van der Waals surface area (Å²) in [4.78, 5) is 81.0. The lowest BCUT2D eigenvalue weighted by Crippen LogP contribution is -2.59. The number of hydrogen-bond acceptors (Lipinski definition) is 12. The molecule has 55 heavy (non-hydrogen) atoms. The first kappa shape index (κ1) is 46.1. The van der Waals surface area contributed by atoms with Crippen molar-refractivity contribution in [3.05, 3.63) is 22.8 Å². The van der Waals surface area contributed by atoms with E-state index in [0.717, 1.165) is 0 Å². The molecule has 1 saturated heterocycles. The van der Waals surface area contributed by atoms with E-state index in [4.69, 9.17) is 31.8 Å². The average molecular weight is 798 g/mol. The lowest BCUT2D eigenvalue weighted by atomic mass is 10.1. The van der Waals surface area contributed by atoms with Crippen LogP contribution in [-0.4, -0.2) is 123 Å². The van der Waals surface area contributed by atoms with Gasteiger partial charge in [0.1, 0.15) is 30.4 Å². The number of carboxylic acids is 1. The number of nitrogens with zero attached hydrogens (tertiary/aromatic N) is 2. The van der Waals surface area contributed by atoms with E-state index in [9.17, 15) is 37.2 Å². The molecule has 1 aliphatic heterocycles. The zero-order valence-corrected chi connectivity index (χ0v) is 33.1. The van der Waals surface area contributed by atoms with Gasteiger partial charge in [0.05, 0.1) is 36.7 Å². The van der Waals surface area contributed by atoms with Gasteiger partial charge in [0.15, 0.2) is 0 Å². The molecule has 21 heteroatoms. The molecule has 0 bridgehead atoms. The molecule has 1 aromatic carbocycles. The third-order valence-corrected chi connectivity index (χ3v) is 10.2. The van der Waals surface area contributed by atoms with Gasteiger partial charge >= 0.3 is 5.97 Å². The van der Waals surface area contributed by atoms with Crippen molar-refractivity contribution in [1.29, 1.82) is 0 Å². The Balaban J connectivity index is 2.21. The van der Waals surface area contributed by atoms with Crippen LogP contribution in [0.1, 0.15) is 69.6 Å². The molecule has 308 valence electrons. The van der Waals surface area contributed by atoms with Crippen molar-refractivity contribution in [2.24, 2.45) is 22.2 Å². The number of likely N-dealkylation sites (tertiary alicyclic amines) is 1. The Morgan fingerprint density at radius 1 is 1.04 bits per heavy atom. The van der Waals surface area contributed by atoms with Crippen LogP contribution in [0.4, 0.5) is 0 Å². The Hall–Kier alpha value is -5.02. The normalized spacial score (nSPS) is 16.4. The highest BCUT2D eigenvalue weighted by molar-refractivity contribution is 7.90. The predicted molar refractivity (Wildman–Crippen MR) is 200 cm³/mol. The molecule has 1 aliphatic rings. The van der Waals surface area contributed by atoms with Crippen LogP contribution in [0.25, 0.3) is 0 Å². The topological polar surface area (TPSA) is 317 Å². The van der Waals surface area contributed by atoms with Crippen LogP contribution in [0.5, 0.6) is 5.75 Å². The number of primary amides is 1. The van der Waals surface area contributed by atoms with Gasteiger partial charge in [0.25, 0.3) is 10.0 Å². The third kappa shape index (κ3) is 14.0. The van der Waals surface area contributed by atoms with Crippen LogP contribution >= 0.6 is 0 Å². The second-order valence-electron chi connectivity index (χ2n) is 14.1. The molecule has 0 aliphatic carbocycles. The minimum Gasteiger partial charge on any atom is -0.496 e. The average Bonchev–Trinajstić information content (AvgIpc) is 3.57. The standard InChI is InChI=1S/C34H55N9O11S/c1-18-14-25(53-7)19(2)20(3)28(18)55(51,52)42-33(37)38-12-8-10-22(30(48)39-16-27(45)46)40-31(49)24-11-9-13-43(24)32(50)23(17-54-34(4,5)6)41-29(47)21(35)15-26(36)44/h14,21-24H,8-13,15-17,35H2,1-7H3,(H2,36,44)(H,39,48)(H,40,49)(H,41,47)(H,45,46)(H3,37,38,42)/t21-,22-,23-,24-/m0/s1. The summed E-state index contributed by atoms with van der Waals surface area (Å²) in [5.74, 6) is -5.08. The van der Waals surface area contributed by atoms with Crippen LogP contribution in [0.15, 0.2) is 16.0 Å². The Bertz CT molecular complexity index is 1750. The van der Waals surface area contributed by atoms with Crippen molar-refractivity contribution in [2.75, 3.05) is 33.4 Å². The highest BCUT2D eigenvalue weighted by Gasteiger charge is 2.40. The minimum atomic E-state index is -4.15. The number of carbonyl (C=O) groups is 6. The molecule has 20 nitrogen and oxygen atoms in total. The summed E-state index contributed by atoms with van der Waals surface area (Å²) in [5.41, 5.74) is 17.7. The fraction of sp³-hybridized carbons (Fsp3) is 0.618. The molecule has 1 heterocycles. The van der Waals surface area contributed by atoms with E-state index >= 15 is 0 Å². The molecule has 0 spiro atoms. The number of hydrogen-bond donors (Lipinski definition) is 8. The fourth-order valence-electron chi connectivity index (χ4n) is 5.78. The maximum absolute atomic E-state index is 13.8. The number of guanidine groups is 1. The van der Waals surface area contributed by atoms with Gasteiger partial charge in [-0.3, -0.25) is 33.8 Å². The van der Waals surface area contributed by atoms with E-state index in [1.165, 1.54) is 12.0 Å². The molecule has 0 unspecified atom stereocenters. The van der Waals surface area contributed by atoms with Gasteiger partial charge in [-0.15, -0.1) is 0 Å². The number of aryl methyl sites for hydroxylation is 1. The molecular weight excluding hydrogens is 742 g/mol. The smallest absolute Gasteiger partial charge is 0.322 e. The number of carboxylic acid groups (broad SMARTS) is 1. The molecule has 11 N–H and O–H groups in total. The number of aliphatic imine (C=N–C) groups is 1. The first-order valence-corrected chi connectivity index (χ1v) is 19.0. The third-order valence-electron chi connectivity index (χ3n) is 8.58. The first-order chi connectivity index (χ1) is 25.5. The molecule has 4 atom stereocenters. The molecule has 2 rings (SSSR count). The molecular formula is C34H55N9O11S. The van der Waals surface area contributed by atoms with Gasteiger partial charge in [-0.2, -0.15) is 0 Å². The van der Waals surface area contributed by atoms with Gasteiger partial charge in [-0.25, -0.2) is 13.1 Å². The number of benzene rings is 1. The Kier molecular flexibility index (Phi) is 16.8. The number of methoxy groups -OCH3 is 1. The second-order valence-corrected chi connectivity index (χ2v) is 15.7. The van der Waals surface area contributed by atoms with Crippen LogP contribution in [0.3, 0.4) is 0 Å². The maximum Gasteiger partial charge on any atom is 0.322 e. The van der Waals surface area contributed by atoms with E-state index in [2.05, 4.69) is 25.7 Å². The number of amides is 5. The van der Waals surface area contributed by atoms with Crippen molar-refractivity contribution < 1.29 is 51.8 Å². The molecule has 0 saturated carbocycles. The largest absolute Gasteiger partial charge is 0.496 e. The molecule has 5 amide bonds. The predicted octanol–water partition coefficient (Wildman–Crippen LogP) is -1.83. The van der Waals surface area contributed by atoms with Crippen molar-refractivity contribution in [1.82, 2.24) is 25.6 Å². The fourth-order valence-corrected chi connectivity index (χ4v) is 7.27. The SMILES string of the molecule is COc1cc(C)c(S(=O)(=O)NC(N)=NCCC[C@H](NC(=O)[C@@H]2CCCN2C(=O)[C@H](COC(C)(C)C)NC(=O)[C@@H](N)CC(N)=O)C(=O)NCC(=O)O)c(C)c1C. The lowest BCUT2D eigenvalue weighted by molar-refractivity contribution is -0.145. The summed E-state index contributed by atoms with van der Waals surface area (Å²) in [6, 6.07) is -3.40. The minimum absolute atomic E-state index is 0.0170. The quantitative estimate of drug-likeness (QED) is 0.0435. The zero-order chi connectivity index (χ0) is 41.8. The van der Waals surface area contributed by atoms with Gasteiger partial charge < -0.3 is 52.6 Å². The number of rotatable bonds is 19.